The summed E-state index contributed by atoms with van der Waals surface area (Å²) in [5, 5.41) is -0.0869. The first-order valence-electron chi connectivity index (χ1n) is 3.22. The fraction of sp³-hybridized carbons (Fsp3) is 0.167. The number of pyridine rings is 1. The molecule has 4 nitrogen and oxygen atoms in total. The van der Waals surface area contributed by atoms with E-state index in [0.717, 1.165) is 0 Å². The van der Waals surface area contributed by atoms with Crippen LogP contribution in [0.5, 0.6) is 0 Å². The van der Waals surface area contributed by atoms with Crippen LogP contribution >= 0.6 is 23.2 Å². The summed E-state index contributed by atoms with van der Waals surface area (Å²) in [5.74, 6) is 0. The number of halogens is 2. The lowest BCUT2D eigenvalue weighted by atomic mass is 10.5. The third-order valence-corrected chi connectivity index (χ3v) is 3.66. The molecule has 0 bridgehead atoms. The van der Waals surface area contributed by atoms with Crippen LogP contribution in [0.3, 0.4) is 0 Å². The summed E-state index contributed by atoms with van der Waals surface area (Å²) in [6.07, 6.45) is 1.33. The van der Waals surface area contributed by atoms with Crippen molar-refractivity contribution in [3.8, 4) is 0 Å². The first-order valence-corrected chi connectivity index (χ1v) is 5.46. The zero-order valence-electron chi connectivity index (χ0n) is 6.58. The molecule has 0 atom stereocenters. The van der Waals surface area contributed by atoms with Gasteiger partial charge in [-0.05, 0) is 13.1 Å². The van der Waals surface area contributed by atoms with Crippen molar-refractivity contribution >= 4 is 33.2 Å². The maximum atomic E-state index is 11.3. The molecule has 72 valence electrons. The molecule has 0 saturated heterocycles. The molecule has 1 heterocycles. The molecule has 0 radical (unpaired) electrons. The fourth-order valence-electron chi connectivity index (χ4n) is 0.742. The molecule has 1 N–H and O–H groups in total. The third-order valence-electron chi connectivity index (χ3n) is 1.35. The van der Waals surface area contributed by atoms with Gasteiger partial charge in [-0.1, -0.05) is 23.2 Å². The van der Waals surface area contributed by atoms with Gasteiger partial charge in [0.05, 0.1) is 5.02 Å². The van der Waals surface area contributed by atoms with Gasteiger partial charge in [-0.15, -0.1) is 0 Å². The Labute approximate surface area is 85.9 Å². The third kappa shape index (κ3) is 2.11. The molecule has 1 aromatic rings. The first kappa shape index (κ1) is 10.7. The van der Waals surface area contributed by atoms with Gasteiger partial charge in [0.1, 0.15) is 4.90 Å². The molecule has 1 aromatic heterocycles. The average Bonchev–Trinajstić information content (AvgIpc) is 2.03. The SMILES string of the molecule is CNS(=O)(=O)c1c(Cl)ccnc1Cl. The van der Waals surface area contributed by atoms with Gasteiger partial charge < -0.3 is 0 Å². The van der Waals surface area contributed by atoms with Crippen LogP contribution in [0.15, 0.2) is 17.2 Å². The Hall–Kier alpha value is -0.360. The minimum absolute atomic E-state index is 0.0503. The predicted molar refractivity (Wildman–Crippen MR) is 50.5 cm³/mol. The van der Waals surface area contributed by atoms with E-state index in [2.05, 4.69) is 9.71 Å². The maximum absolute atomic E-state index is 11.3. The van der Waals surface area contributed by atoms with Crippen LogP contribution in [-0.2, 0) is 10.0 Å². The lowest BCUT2D eigenvalue weighted by Crippen LogP contribution is -2.19. The fourth-order valence-corrected chi connectivity index (χ4v) is 2.51. The topological polar surface area (TPSA) is 59.1 Å². The zero-order valence-corrected chi connectivity index (χ0v) is 8.91. The Bertz CT molecular complexity index is 398. The molecule has 0 aromatic carbocycles. The number of hydrogen-bond donors (Lipinski definition) is 1. The average molecular weight is 241 g/mol. The first-order chi connectivity index (χ1) is 5.99. The standard InChI is InChI=1S/C6H6Cl2N2O2S/c1-9-13(11,12)5-4(7)2-3-10-6(5)8/h2-3,9H,1H3. The summed E-state index contributed by atoms with van der Waals surface area (Å²) in [5.41, 5.74) is 0. The Morgan fingerprint density at radius 1 is 1.46 bits per heavy atom. The summed E-state index contributed by atoms with van der Waals surface area (Å²) < 4.78 is 24.7. The van der Waals surface area contributed by atoms with Crippen LogP contribution < -0.4 is 4.72 Å². The second kappa shape index (κ2) is 3.79. The zero-order chi connectivity index (χ0) is 10.1. The van der Waals surface area contributed by atoms with Crippen molar-refractivity contribution in [3.63, 3.8) is 0 Å². The minimum atomic E-state index is -3.64. The van der Waals surface area contributed by atoms with E-state index in [0.29, 0.717) is 0 Å². The molecular formula is C6H6Cl2N2O2S. The summed E-state index contributed by atoms with van der Waals surface area (Å²) >= 11 is 11.2. The molecule has 0 fully saturated rings. The highest BCUT2D eigenvalue weighted by molar-refractivity contribution is 7.89. The number of sulfonamides is 1. The van der Waals surface area contributed by atoms with Gasteiger partial charge in [-0.2, -0.15) is 0 Å². The van der Waals surface area contributed by atoms with Gasteiger partial charge >= 0.3 is 0 Å². The Balaban J connectivity index is 3.46. The summed E-state index contributed by atoms with van der Waals surface area (Å²) in [6, 6.07) is 1.36. The smallest absolute Gasteiger partial charge is 0.243 e. The number of nitrogens with zero attached hydrogens (tertiary/aromatic N) is 1. The lowest BCUT2D eigenvalue weighted by Gasteiger charge is -2.05. The molecule has 7 heteroatoms. The molecule has 13 heavy (non-hydrogen) atoms. The van der Waals surface area contributed by atoms with Crippen LogP contribution in [0, 0.1) is 0 Å². The molecule has 0 aliphatic rings. The molecule has 0 aliphatic heterocycles. The highest BCUT2D eigenvalue weighted by Gasteiger charge is 2.20. The van der Waals surface area contributed by atoms with Crippen molar-refractivity contribution < 1.29 is 8.42 Å². The highest BCUT2D eigenvalue weighted by atomic mass is 35.5. The van der Waals surface area contributed by atoms with E-state index in [9.17, 15) is 8.42 Å². The number of aromatic nitrogens is 1. The number of hydrogen-bond acceptors (Lipinski definition) is 3. The maximum Gasteiger partial charge on any atom is 0.244 e. The number of nitrogens with one attached hydrogen (secondary N) is 1. The quantitative estimate of drug-likeness (QED) is 0.794. The van der Waals surface area contributed by atoms with Crippen LogP contribution in [0.1, 0.15) is 0 Å². The predicted octanol–water partition coefficient (Wildman–Crippen LogP) is 1.30. The lowest BCUT2D eigenvalue weighted by molar-refractivity contribution is 0.588. The molecule has 1 rings (SSSR count). The van der Waals surface area contributed by atoms with Crippen LogP contribution in [0.2, 0.25) is 10.2 Å². The van der Waals surface area contributed by atoms with Crippen molar-refractivity contribution in [2.75, 3.05) is 7.05 Å². The van der Waals surface area contributed by atoms with Crippen molar-refractivity contribution in [3.05, 3.63) is 22.4 Å². The van der Waals surface area contributed by atoms with Gasteiger partial charge in [0, 0.05) is 6.20 Å². The van der Waals surface area contributed by atoms with Gasteiger partial charge in [0.2, 0.25) is 10.0 Å². The van der Waals surface area contributed by atoms with Gasteiger partial charge in [-0.3, -0.25) is 0 Å². The van der Waals surface area contributed by atoms with E-state index in [4.69, 9.17) is 23.2 Å². The Kier molecular flexibility index (Phi) is 3.13. The molecule has 0 spiro atoms. The largest absolute Gasteiger partial charge is 0.244 e. The van der Waals surface area contributed by atoms with Gasteiger partial charge in [0.15, 0.2) is 5.15 Å². The Morgan fingerprint density at radius 3 is 2.54 bits per heavy atom. The molecule has 0 saturated carbocycles. The summed E-state index contributed by atoms with van der Waals surface area (Å²) in [4.78, 5) is 3.42. The van der Waals surface area contributed by atoms with E-state index in [1.807, 2.05) is 0 Å². The molecule has 0 unspecified atom stereocenters. The molecule has 0 aliphatic carbocycles. The van der Waals surface area contributed by atoms with Crippen LogP contribution in [0.25, 0.3) is 0 Å². The molecular weight excluding hydrogens is 235 g/mol. The summed E-state index contributed by atoms with van der Waals surface area (Å²) in [7, 11) is -2.36. The van der Waals surface area contributed by atoms with E-state index in [1.165, 1.54) is 19.3 Å². The second-order valence-corrected chi connectivity index (χ2v) is 4.71. The highest BCUT2D eigenvalue weighted by Crippen LogP contribution is 2.26. The summed E-state index contributed by atoms with van der Waals surface area (Å²) in [6.45, 7) is 0. The van der Waals surface area contributed by atoms with Crippen molar-refractivity contribution in [2.45, 2.75) is 4.90 Å². The normalized spacial score (nSPS) is 11.6. The van der Waals surface area contributed by atoms with E-state index in [1.54, 1.807) is 0 Å². The minimum Gasteiger partial charge on any atom is -0.243 e. The Morgan fingerprint density at radius 2 is 2.08 bits per heavy atom. The van der Waals surface area contributed by atoms with Crippen molar-refractivity contribution in [2.24, 2.45) is 0 Å². The number of rotatable bonds is 2. The monoisotopic (exact) mass is 240 g/mol. The van der Waals surface area contributed by atoms with E-state index in [-0.39, 0.29) is 15.1 Å². The van der Waals surface area contributed by atoms with E-state index >= 15 is 0 Å². The van der Waals surface area contributed by atoms with Crippen LogP contribution in [-0.4, -0.2) is 20.4 Å². The van der Waals surface area contributed by atoms with E-state index < -0.39 is 10.0 Å². The van der Waals surface area contributed by atoms with Gasteiger partial charge in [-0.25, -0.2) is 18.1 Å². The van der Waals surface area contributed by atoms with Crippen molar-refractivity contribution in [1.82, 2.24) is 9.71 Å². The van der Waals surface area contributed by atoms with Crippen LogP contribution in [0.4, 0.5) is 0 Å². The molecule has 0 amide bonds. The van der Waals surface area contributed by atoms with Crippen molar-refractivity contribution in [1.29, 1.82) is 0 Å². The second-order valence-electron chi connectivity index (χ2n) is 2.12. The van der Waals surface area contributed by atoms with Gasteiger partial charge in [0.25, 0.3) is 0 Å².